The number of halogens is 3. The fourth-order valence-corrected chi connectivity index (χ4v) is 4.72. The molecule has 3 heterocycles. The number of aromatic nitrogens is 2. The van der Waals surface area contributed by atoms with E-state index in [1.807, 2.05) is 59.5 Å². The van der Waals surface area contributed by atoms with Gasteiger partial charge in [0.2, 0.25) is 0 Å². The van der Waals surface area contributed by atoms with Crippen molar-refractivity contribution in [2.45, 2.75) is 18.3 Å². The van der Waals surface area contributed by atoms with Crippen LogP contribution in [0, 0.1) is 0 Å². The number of nitrogens with one attached hydrogen (secondary N) is 1. The van der Waals surface area contributed by atoms with Crippen LogP contribution in [0.4, 0.5) is 18.9 Å². The van der Waals surface area contributed by atoms with Crippen LogP contribution < -0.4 is 15.0 Å². The Morgan fingerprint density at radius 2 is 1.74 bits per heavy atom. The van der Waals surface area contributed by atoms with Gasteiger partial charge in [-0.3, -0.25) is 4.98 Å². The number of alkyl halides is 3. The van der Waals surface area contributed by atoms with E-state index in [-0.39, 0.29) is 12.1 Å². The Kier molecular flexibility index (Phi) is 5.94. The molecular formula is C26H21F3N4OS. The van der Waals surface area contributed by atoms with E-state index < -0.39 is 11.7 Å². The zero-order valence-corrected chi connectivity index (χ0v) is 19.4. The zero-order valence-electron chi connectivity index (χ0n) is 18.6. The van der Waals surface area contributed by atoms with E-state index in [1.54, 1.807) is 30.1 Å². The molecule has 0 aliphatic carbocycles. The maximum absolute atomic E-state index is 13.4. The lowest BCUT2D eigenvalue weighted by Gasteiger charge is -2.29. The van der Waals surface area contributed by atoms with E-state index >= 15 is 0 Å². The molecule has 4 aromatic rings. The number of hydrogen-bond acceptors (Lipinski definition) is 3. The number of benzene rings is 2. The molecule has 0 amide bonds. The highest BCUT2D eigenvalue weighted by molar-refractivity contribution is 7.80. The molecule has 9 heteroatoms. The van der Waals surface area contributed by atoms with Crippen LogP contribution in [0.15, 0.2) is 91.3 Å². The van der Waals surface area contributed by atoms with Gasteiger partial charge >= 0.3 is 6.18 Å². The molecule has 2 atom stereocenters. The van der Waals surface area contributed by atoms with Crippen LogP contribution in [0.2, 0.25) is 0 Å². The lowest BCUT2D eigenvalue weighted by molar-refractivity contribution is -0.137. The van der Waals surface area contributed by atoms with Gasteiger partial charge in [0, 0.05) is 29.5 Å². The van der Waals surface area contributed by atoms with Gasteiger partial charge in [-0.15, -0.1) is 0 Å². The smallest absolute Gasteiger partial charge is 0.416 e. The maximum Gasteiger partial charge on any atom is 0.416 e. The van der Waals surface area contributed by atoms with Crippen LogP contribution in [0.25, 0.3) is 5.69 Å². The quantitative estimate of drug-likeness (QED) is 0.341. The van der Waals surface area contributed by atoms with E-state index in [1.165, 1.54) is 6.07 Å². The minimum atomic E-state index is -4.44. The summed E-state index contributed by atoms with van der Waals surface area (Å²) in [7, 11) is 1.60. The van der Waals surface area contributed by atoms with Crippen molar-refractivity contribution >= 4 is 23.0 Å². The third-order valence-corrected chi connectivity index (χ3v) is 6.30. The van der Waals surface area contributed by atoms with Crippen LogP contribution in [-0.4, -0.2) is 21.8 Å². The highest BCUT2D eigenvalue weighted by atomic mass is 32.1. The van der Waals surface area contributed by atoms with Crippen molar-refractivity contribution in [2.75, 3.05) is 12.0 Å². The third-order valence-electron chi connectivity index (χ3n) is 5.98. The van der Waals surface area contributed by atoms with Gasteiger partial charge in [0.15, 0.2) is 5.11 Å². The summed E-state index contributed by atoms with van der Waals surface area (Å²) >= 11 is 5.74. The van der Waals surface area contributed by atoms with Crippen molar-refractivity contribution in [3.8, 4) is 11.4 Å². The summed E-state index contributed by atoms with van der Waals surface area (Å²) in [5.74, 6) is 0.706. The lowest BCUT2D eigenvalue weighted by Crippen LogP contribution is -2.30. The maximum atomic E-state index is 13.4. The summed E-state index contributed by atoms with van der Waals surface area (Å²) in [6.07, 6.45) is -0.974. The minimum absolute atomic E-state index is 0.328. The largest absolute Gasteiger partial charge is 0.497 e. The number of pyridine rings is 1. The molecule has 1 aliphatic heterocycles. The average Bonchev–Trinajstić information content (AvgIpc) is 3.48. The van der Waals surface area contributed by atoms with Crippen LogP contribution in [0.3, 0.4) is 0 Å². The second kappa shape index (κ2) is 9.07. The molecule has 0 radical (unpaired) electrons. The molecule has 0 unspecified atom stereocenters. The molecule has 1 N–H and O–H groups in total. The highest BCUT2D eigenvalue weighted by Gasteiger charge is 2.42. The first-order valence-corrected chi connectivity index (χ1v) is 11.3. The molecule has 5 rings (SSSR count). The number of anilines is 1. The van der Waals surface area contributed by atoms with Crippen LogP contribution >= 0.6 is 12.2 Å². The van der Waals surface area contributed by atoms with Crippen molar-refractivity contribution in [1.29, 1.82) is 0 Å². The molecule has 35 heavy (non-hydrogen) atoms. The monoisotopic (exact) mass is 494 g/mol. The van der Waals surface area contributed by atoms with Gasteiger partial charge in [-0.2, -0.15) is 13.2 Å². The summed E-state index contributed by atoms with van der Waals surface area (Å²) in [5.41, 5.74) is 2.06. The van der Waals surface area contributed by atoms with Crippen molar-refractivity contribution < 1.29 is 17.9 Å². The topological polar surface area (TPSA) is 42.3 Å². The molecule has 5 nitrogen and oxygen atoms in total. The van der Waals surface area contributed by atoms with Gasteiger partial charge in [0.1, 0.15) is 11.8 Å². The molecular weight excluding hydrogens is 473 g/mol. The van der Waals surface area contributed by atoms with Crippen molar-refractivity contribution in [3.63, 3.8) is 0 Å². The number of nitrogens with zero attached hydrogens (tertiary/aromatic N) is 3. The summed E-state index contributed by atoms with van der Waals surface area (Å²) in [6.45, 7) is 0. The van der Waals surface area contributed by atoms with Crippen LogP contribution in [0.5, 0.6) is 5.75 Å². The number of hydrogen-bond donors (Lipinski definition) is 1. The van der Waals surface area contributed by atoms with E-state index in [9.17, 15) is 13.2 Å². The summed E-state index contributed by atoms with van der Waals surface area (Å²) in [4.78, 5) is 6.50. The molecule has 0 saturated carbocycles. The Labute approximate surface area is 205 Å². The fraction of sp³-hybridized carbons (Fsp3) is 0.154. The normalized spacial score (nSPS) is 17.9. The predicted molar refractivity (Wildman–Crippen MR) is 132 cm³/mol. The SMILES string of the molecule is COc1ccc(N2C(=S)N[C@H](c3ccccn3)[C@@H]2c2cccn2-c2cccc(C(F)(F)F)c2)cc1. The Morgan fingerprint density at radius 1 is 0.943 bits per heavy atom. The van der Waals surface area contributed by atoms with E-state index in [0.29, 0.717) is 16.5 Å². The van der Waals surface area contributed by atoms with E-state index in [0.717, 1.165) is 29.2 Å². The molecule has 178 valence electrons. The molecule has 0 spiro atoms. The average molecular weight is 495 g/mol. The molecule has 2 aromatic carbocycles. The first-order chi connectivity index (χ1) is 16.9. The Bertz CT molecular complexity index is 1340. The number of thiocarbonyl (C=S) groups is 1. The predicted octanol–water partition coefficient (Wildman–Crippen LogP) is 6.08. The van der Waals surface area contributed by atoms with Crippen LogP contribution in [0.1, 0.15) is 29.0 Å². The van der Waals surface area contributed by atoms with Gasteiger partial charge in [0.05, 0.1) is 24.4 Å². The highest BCUT2D eigenvalue weighted by Crippen LogP contribution is 2.42. The first-order valence-electron chi connectivity index (χ1n) is 10.9. The van der Waals surface area contributed by atoms with Gasteiger partial charge < -0.3 is 19.5 Å². The Morgan fingerprint density at radius 3 is 2.43 bits per heavy atom. The summed E-state index contributed by atoms with van der Waals surface area (Å²) in [5, 5.41) is 3.86. The Balaban J connectivity index is 1.64. The summed E-state index contributed by atoms with van der Waals surface area (Å²) < 4.78 is 47.3. The molecule has 2 aromatic heterocycles. The molecule has 1 aliphatic rings. The Hall–Kier alpha value is -3.85. The number of rotatable bonds is 5. The van der Waals surface area contributed by atoms with Gasteiger partial charge in [0.25, 0.3) is 0 Å². The van der Waals surface area contributed by atoms with E-state index in [2.05, 4.69) is 10.3 Å². The number of ether oxygens (including phenoxy) is 1. The lowest BCUT2D eigenvalue weighted by atomic mass is 10.0. The van der Waals surface area contributed by atoms with Crippen molar-refractivity contribution in [3.05, 3.63) is 108 Å². The fourth-order valence-electron chi connectivity index (χ4n) is 4.38. The first kappa shape index (κ1) is 22.9. The van der Waals surface area contributed by atoms with Crippen molar-refractivity contribution in [1.82, 2.24) is 14.9 Å². The summed E-state index contributed by atoms with van der Waals surface area (Å²) in [6, 6.07) is 21.4. The third kappa shape index (κ3) is 4.35. The van der Waals surface area contributed by atoms with Crippen molar-refractivity contribution in [2.24, 2.45) is 0 Å². The molecule has 0 bridgehead atoms. The van der Waals surface area contributed by atoms with Gasteiger partial charge in [-0.25, -0.2) is 0 Å². The zero-order chi connectivity index (χ0) is 24.6. The standard InChI is InChI=1S/C26H21F3N4OS/c1-34-20-12-10-18(11-13-20)33-24(23(31-25(33)35)21-8-2-3-14-30-21)22-9-5-15-32(22)19-7-4-6-17(16-19)26(27,28)29/h2-16,23-24H,1H3,(H,31,35)/t23-,24+/m1/s1. The number of methoxy groups -OCH3 is 1. The van der Waals surface area contributed by atoms with Gasteiger partial charge in [-0.1, -0.05) is 12.1 Å². The van der Waals surface area contributed by atoms with Crippen LogP contribution in [-0.2, 0) is 6.18 Å². The second-order valence-electron chi connectivity index (χ2n) is 8.05. The molecule has 1 saturated heterocycles. The second-order valence-corrected chi connectivity index (χ2v) is 8.43. The minimum Gasteiger partial charge on any atom is -0.497 e. The molecule has 1 fully saturated rings. The van der Waals surface area contributed by atoms with E-state index in [4.69, 9.17) is 17.0 Å². The van der Waals surface area contributed by atoms with Gasteiger partial charge in [-0.05, 0) is 78.9 Å².